The number of hydrogen-bond donors (Lipinski definition) is 1. The average molecular weight is 307 g/mol. The quantitative estimate of drug-likeness (QED) is 0.785. The molecule has 1 aromatic heterocycles. The van der Waals surface area contributed by atoms with Crippen molar-refractivity contribution >= 4 is 6.09 Å². The summed E-state index contributed by atoms with van der Waals surface area (Å²) in [6.07, 6.45) is 4.29. The van der Waals surface area contributed by atoms with E-state index in [0.29, 0.717) is 13.1 Å². The molecule has 0 spiro atoms. The van der Waals surface area contributed by atoms with Gasteiger partial charge in [-0.05, 0) is 59.2 Å². The molecule has 0 saturated heterocycles. The van der Waals surface area contributed by atoms with Gasteiger partial charge >= 0.3 is 6.09 Å². The summed E-state index contributed by atoms with van der Waals surface area (Å²) in [6.45, 7) is 11.9. The highest BCUT2D eigenvalue weighted by atomic mass is 16.6. The monoisotopic (exact) mass is 307 g/mol. The lowest BCUT2D eigenvalue weighted by Gasteiger charge is -2.26. The second kappa shape index (κ2) is 8.73. The lowest BCUT2D eigenvalue weighted by molar-refractivity contribution is 0.0258. The first-order valence-electron chi connectivity index (χ1n) is 7.94. The number of carbonyl (C=O) groups is 1. The van der Waals surface area contributed by atoms with Crippen LogP contribution in [0.15, 0.2) is 24.5 Å². The normalized spacial score (nSPS) is 12.8. The van der Waals surface area contributed by atoms with Crippen molar-refractivity contribution in [3.8, 4) is 0 Å². The van der Waals surface area contributed by atoms with E-state index in [0.717, 1.165) is 13.0 Å². The van der Waals surface area contributed by atoms with Gasteiger partial charge in [-0.25, -0.2) is 4.79 Å². The first-order chi connectivity index (χ1) is 10.3. The summed E-state index contributed by atoms with van der Waals surface area (Å²) >= 11 is 0. The van der Waals surface area contributed by atoms with Gasteiger partial charge in [-0.3, -0.25) is 4.98 Å². The van der Waals surface area contributed by atoms with E-state index >= 15 is 0 Å². The van der Waals surface area contributed by atoms with Gasteiger partial charge in [0.25, 0.3) is 0 Å². The van der Waals surface area contributed by atoms with Crippen LogP contribution in [0.4, 0.5) is 4.79 Å². The maximum atomic E-state index is 12.0. The number of pyridine rings is 1. The standard InChI is InChI=1S/C17H29N3O2/c1-6-20(16(21)22-17(3,4)5)12-8-11-19-14(2)15-9-7-10-18-13-15/h7,9-10,13-14,19H,6,8,11-12H2,1-5H3. The molecule has 0 radical (unpaired) electrons. The zero-order valence-electron chi connectivity index (χ0n) is 14.4. The number of nitrogens with zero attached hydrogens (tertiary/aromatic N) is 2. The van der Waals surface area contributed by atoms with E-state index in [1.54, 1.807) is 11.1 Å². The smallest absolute Gasteiger partial charge is 0.410 e. The number of nitrogens with one attached hydrogen (secondary N) is 1. The highest BCUT2D eigenvalue weighted by Crippen LogP contribution is 2.11. The van der Waals surface area contributed by atoms with Gasteiger partial charge in [0.15, 0.2) is 0 Å². The molecular formula is C17H29N3O2. The van der Waals surface area contributed by atoms with Crippen LogP contribution in [-0.4, -0.2) is 41.2 Å². The molecular weight excluding hydrogens is 278 g/mol. The molecule has 5 nitrogen and oxygen atoms in total. The van der Waals surface area contributed by atoms with E-state index in [-0.39, 0.29) is 12.1 Å². The van der Waals surface area contributed by atoms with Crippen molar-refractivity contribution in [2.24, 2.45) is 0 Å². The van der Waals surface area contributed by atoms with Crippen molar-refractivity contribution in [2.75, 3.05) is 19.6 Å². The zero-order valence-corrected chi connectivity index (χ0v) is 14.4. The number of amides is 1. The molecule has 1 N–H and O–H groups in total. The highest BCUT2D eigenvalue weighted by molar-refractivity contribution is 5.68. The first-order valence-corrected chi connectivity index (χ1v) is 7.94. The molecule has 1 amide bonds. The Bertz CT molecular complexity index is 443. The summed E-state index contributed by atoms with van der Waals surface area (Å²) in [7, 11) is 0. The highest BCUT2D eigenvalue weighted by Gasteiger charge is 2.20. The summed E-state index contributed by atoms with van der Waals surface area (Å²) in [5.74, 6) is 0. The van der Waals surface area contributed by atoms with Crippen molar-refractivity contribution in [3.63, 3.8) is 0 Å². The fourth-order valence-corrected chi connectivity index (χ4v) is 2.04. The number of aromatic nitrogens is 1. The van der Waals surface area contributed by atoms with E-state index in [1.807, 2.05) is 40.0 Å². The van der Waals surface area contributed by atoms with Gasteiger partial charge in [-0.15, -0.1) is 0 Å². The molecule has 5 heteroatoms. The van der Waals surface area contributed by atoms with Crippen molar-refractivity contribution in [1.82, 2.24) is 15.2 Å². The van der Waals surface area contributed by atoms with E-state index in [2.05, 4.69) is 23.3 Å². The van der Waals surface area contributed by atoms with Crippen LogP contribution in [-0.2, 0) is 4.74 Å². The molecule has 1 atom stereocenters. The Morgan fingerprint density at radius 3 is 2.73 bits per heavy atom. The van der Waals surface area contributed by atoms with Crippen LogP contribution < -0.4 is 5.32 Å². The summed E-state index contributed by atoms with van der Waals surface area (Å²) in [5, 5.41) is 3.45. The molecule has 0 fully saturated rings. The Labute approximate surface area is 134 Å². The van der Waals surface area contributed by atoms with Crippen LogP contribution in [0.3, 0.4) is 0 Å². The minimum absolute atomic E-state index is 0.240. The molecule has 0 aliphatic rings. The molecule has 0 saturated carbocycles. The van der Waals surface area contributed by atoms with Gasteiger partial charge in [0.05, 0.1) is 0 Å². The van der Waals surface area contributed by atoms with Crippen LogP contribution in [0.1, 0.15) is 52.6 Å². The minimum Gasteiger partial charge on any atom is -0.444 e. The molecule has 1 heterocycles. The van der Waals surface area contributed by atoms with Gasteiger partial charge in [0, 0.05) is 31.5 Å². The molecule has 124 valence electrons. The van der Waals surface area contributed by atoms with E-state index in [1.165, 1.54) is 5.56 Å². The van der Waals surface area contributed by atoms with Gasteiger partial charge in [0.1, 0.15) is 5.60 Å². The Kier molecular flexibility index (Phi) is 7.32. The number of ether oxygens (including phenoxy) is 1. The summed E-state index contributed by atoms with van der Waals surface area (Å²) in [6, 6.07) is 4.25. The average Bonchev–Trinajstić information content (AvgIpc) is 2.46. The predicted octanol–water partition coefficient (Wildman–Crippen LogP) is 3.38. The molecule has 0 aliphatic carbocycles. The third-order valence-corrected chi connectivity index (χ3v) is 3.27. The Balaban J connectivity index is 2.31. The predicted molar refractivity (Wildman–Crippen MR) is 88.8 cm³/mol. The molecule has 0 aliphatic heterocycles. The molecule has 22 heavy (non-hydrogen) atoms. The summed E-state index contributed by atoms with van der Waals surface area (Å²) in [5.41, 5.74) is 0.722. The maximum Gasteiger partial charge on any atom is 0.410 e. The topological polar surface area (TPSA) is 54.5 Å². The van der Waals surface area contributed by atoms with Crippen LogP contribution in [0.5, 0.6) is 0 Å². The largest absolute Gasteiger partial charge is 0.444 e. The van der Waals surface area contributed by atoms with Crippen molar-refractivity contribution < 1.29 is 9.53 Å². The van der Waals surface area contributed by atoms with Gasteiger partial charge in [-0.1, -0.05) is 6.07 Å². The summed E-state index contributed by atoms with van der Waals surface area (Å²) in [4.78, 5) is 17.9. The van der Waals surface area contributed by atoms with E-state index in [9.17, 15) is 4.79 Å². The number of hydrogen-bond acceptors (Lipinski definition) is 4. The lowest BCUT2D eigenvalue weighted by Crippen LogP contribution is -2.38. The second-order valence-corrected chi connectivity index (χ2v) is 6.38. The molecule has 1 rings (SSSR count). The first kappa shape index (κ1) is 18.4. The second-order valence-electron chi connectivity index (χ2n) is 6.38. The minimum atomic E-state index is -0.447. The maximum absolute atomic E-state index is 12.0. The third kappa shape index (κ3) is 6.89. The van der Waals surface area contributed by atoms with Crippen LogP contribution >= 0.6 is 0 Å². The molecule has 1 unspecified atom stereocenters. The van der Waals surface area contributed by atoms with Crippen LogP contribution in [0, 0.1) is 0 Å². The Morgan fingerprint density at radius 1 is 1.45 bits per heavy atom. The fraction of sp³-hybridized carbons (Fsp3) is 0.647. The Hall–Kier alpha value is -1.62. The third-order valence-electron chi connectivity index (χ3n) is 3.27. The fourth-order valence-electron chi connectivity index (χ4n) is 2.04. The Morgan fingerprint density at radius 2 is 2.18 bits per heavy atom. The lowest BCUT2D eigenvalue weighted by atomic mass is 10.1. The van der Waals surface area contributed by atoms with Gasteiger partial charge in [0.2, 0.25) is 0 Å². The summed E-state index contributed by atoms with van der Waals surface area (Å²) < 4.78 is 5.40. The van der Waals surface area contributed by atoms with Crippen LogP contribution in [0.2, 0.25) is 0 Å². The van der Waals surface area contributed by atoms with Crippen molar-refractivity contribution in [1.29, 1.82) is 0 Å². The van der Waals surface area contributed by atoms with Crippen molar-refractivity contribution in [2.45, 2.75) is 52.7 Å². The molecule has 0 bridgehead atoms. The number of carbonyl (C=O) groups excluding carboxylic acids is 1. The molecule has 1 aromatic rings. The van der Waals surface area contributed by atoms with Gasteiger partial charge in [-0.2, -0.15) is 0 Å². The van der Waals surface area contributed by atoms with E-state index in [4.69, 9.17) is 4.74 Å². The SMILES string of the molecule is CCN(CCCNC(C)c1cccnc1)C(=O)OC(C)(C)C. The van der Waals surface area contributed by atoms with Gasteiger partial charge < -0.3 is 15.0 Å². The van der Waals surface area contributed by atoms with E-state index < -0.39 is 5.60 Å². The number of rotatable bonds is 7. The van der Waals surface area contributed by atoms with Crippen LogP contribution in [0.25, 0.3) is 0 Å². The molecule has 0 aromatic carbocycles. The zero-order chi connectivity index (χ0) is 16.6. The van der Waals surface area contributed by atoms with Crippen molar-refractivity contribution in [3.05, 3.63) is 30.1 Å².